The number of aryl methyl sites for hydroxylation is 2. The highest BCUT2D eigenvalue weighted by molar-refractivity contribution is 5.88. The zero-order valence-electron chi connectivity index (χ0n) is 15.5. The number of carbonyl (C=O) groups excluding carboxylic acids is 2. The molecule has 1 aromatic carbocycles. The average Bonchev–Trinajstić information content (AvgIpc) is 2.60. The number of pyridine rings is 1. The molecule has 26 heavy (non-hydrogen) atoms. The fraction of sp³-hybridized carbons (Fsp3) is 0.450. The second kappa shape index (κ2) is 7.72. The summed E-state index contributed by atoms with van der Waals surface area (Å²) in [5.74, 6) is 0.560. The standard InChI is InChI=1S/C20H25N3O3/c1-13-6-4-8-17-18(10-14(2)21-20(13)17)26-12-19(25)23-9-5-7-16(11-23)22-15(3)24/h4,6,8,10,16H,5,7,9,11-12H2,1-3H3,(H,22,24). The van der Waals surface area contributed by atoms with Gasteiger partial charge in [-0.05, 0) is 38.3 Å². The van der Waals surface area contributed by atoms with Gasteiger partial charge < -0.3 is 15.0 Å². The zero-order chi connectivity index (χ0) is 18.7. The summed E-state index contributed by atoms with van der Waals surface area (Å²) < 4.78 is 5.87. The van der Waals surface area contributed by atoms with Gasteiger partial charge in [0, 0.05) is 43.2 Å². The first-order valence-electron chi connectivity index (χ1n) is 8.98. The molecule has 1 unspecified atom stereocenters. The molecule has 2 heterocycles. The Morgan fingerprint density at radius 1 is 1.35 bits per heavy atom. The van der Waals surface area contributed by atoms with Crippen molar-refractivity contribution in [3.63, 3.8) is 0 Å². The molecule has 2 amide bonds. The van der Waals surface area contributed by atoms with Gasteiger partial charge in [-0.15, -0.1) is 0 Å². The summed E-state index contributed by atoms with van der Waals surface area (Å²) in [4.78, 5) is 30.1. The molecular weight excluding hydrogens is 330 g/mol. The number of ether oxygens (including phenoxy) is 1. The number of piperidine rings is 1. The third kappa shape index (κ3) is 4.12. The topological polar surface area (TPSA) is 71.5 Å². The van der Waals surface area contributed by atoms with E-state index in [2.05, 4.69) is 10.3 Å². The fourth-order valence-electron chi connectivity index (χ4n) is 3.44. The normalized spacial score (nSPS) is 17.2. The molecule has 1 atom stereocenters. The lowest BCUT2D eigenvalue weighted by Crippen LogP contribution is -2.50. The van der Waals surface area contributed by atoms with Crippen LogP contribution < -0.4 is 10.1 Å². The van der Waals surface area contributed by atoms with E-state index in [0.29, 0.717) is 18.8 Å². The van der Waals surface area contributed by atoms with Crippen LogP contribution in [0, 0.1) is 13.8 Å². The zero-order valence-corrected chi connectivity index (χ0v) is 15.5. The maximum Gasteiger partial charge on any atom is 0.260 e. The Morgan fingerprint density at radius 2 is 2.15 bits per heavy atom. The highest BCUT2D eigenvalue weighted by atomic mass is 16.5. The molecule has 0 aliphatic carbocycles. The average molecular weight is 355 g/mol. The molecule has 138 valence electrons. The molecule has 3 rings (SSSR count). The maximum atomic E-state index is 12.6. The number of para-hydroxylation sites is 1. The summed E-state index contributed by atoms with van der Waals surface area (Å²) in [5, 5.41) is 3.81. The Kier molecular flexibility index (Phi) is 5.40. The largest absolute Gasteiger partial charge is 0.483 e. The van der Waals surface area contributed by atoms with Gasteiger partial charge in [0.1, 0.15) is 5.75 Å². The molecule has 6 heteroatoms. The Labute approximate surface area is 153 Å². The van der Waals surface area contributed by atoms with Crippen LogP contribution in [0.25, 0.3) is 10.9 Å². The van der Waals surface area contributed by atoms with Crippen molar-refractivity contribution in [3.8, 4) is 5.75 Å². The van der Waals surface area contributed by atoms with Gasteiger partial charge in [-0.25, -0.2) is 0 Å². The molecule has 0 saturated carbocycles. The molecule has 6 nitrogen and oxygen atoms in total. The number of hydrogen-bond acceptors (Lipinski definition) is 4. The second-order valence-corrected chi connectivity index (χ2v) is 6.90. The van der Waals surface area contributed by atoms with Gasteiger partial charge in [0.2, 0.25) is 5.91 Å². The molecule has 1 aliphatic heterocycles. The van der Waals surface area contributed by atoms with Crippen LogP contribution in [-0.2, 0) is 9.59 Å². The predicted molar refractivity (Wildman–Crippen MR) is 100 cm³/mol. The monoisotopic (exact) mass is 355 g/mol. The van der Waals surface area contributed by atoms with Gasteiger partial charge in [0.25, 0.3) is 5.91 Å². The third-order valence-electron chi connectivity index (χ3n) is 4.66. The van der Waals surface area contributed by atoms with Gasteiger partial charge in [-0.1, -0.05) is 12.1 Å². The summed E-state index contributed by atoms with van der Waals surface area (Å²) in [6, 6.07) is 7.83. The Morgan fingerprint density at radius 3 is 2.92 bits per heavy atom. The van der Waals surface area contributed by atoms with Crippen LogP contribution in [0.1, 0.15) is 31.0 Å². The van der Waals surface area contributed by atoms with E-state index in [9.17, 15) is 9.59 Å². The van der Waals surface area contributed by atoms with Crippen molar-refractivity contribution in [1.29, 1.82) is 0 Å². The van der Waals surface area contributed by atoms with Gasteiger partial charge in [-0.2, -0.15) is 0 Å². The van der Waals surface area contributed by atoms with Gasteiger partial charge >= 0.3 is 0 Å². The number of nitrogens with one attached hydrogen (secondary N) is 1. The third-order valence-corrected chi connectivity index (χ3v) is 4.66. The highest BCUT2D eigenvalue weighted by Crippen LogP contribution is 2.27. The van der Waals surface area contributed by atoms with Crippen LogP contribution in [0.2, 0.25) is 0 Å². The molecule has 1 aromatic heterocycles. The van der Waals surface area contributed by atoms with Crippen LogP contribution in [0.4, 0.5) is 0 Å². The van der Waals surface area contributed by atoms with Crippen LogP contribution in [0.15, 0.2) is 24.3 Å². The van der Waals surface area contributed by atoms with Crippen LogP contribution >= 0.6 is 0 Å². The minimum Gasteiger partial charge on any atom is -0.483 e. The lowest BCUT2D eigenvalue weighted by atomic mass is 10.1. The number of aromatic nitrogens is 1. The second-order valence-electron chi connectivity index (χ2n) is 6.90. The molecule has 1 N–H and O–H groups in total. The molecule has 1 fully saturated rings. The van der Waals surface area contributed by atoms with E-state index in [4.69, 9.17) is 4.74 Å². The number of amides is 2. The summed E-state index contributed by atoms with van der Waals surface area (Å²) in [6.07, 6.45) is 1.78. The van der Waals surface area contributed by atoms with E-state index >= 15 is 0 Å². The van der Waals surface area contributed by atoms with Gasteiger partial charge in [0.05, 0.1) is 5.52 Å². The van der Waals surface area contributed by atoms with Crippen molar-refractivity contribution in [2.24, 2.45) is 0 Å². The van der Waals surface area contributed by atoms with E-state index < -0.39 is 0 Å². The highest BCUT2D eigenvalue weighted by Gasteiger charge is 2.24. The smallest absolute Gasteiger partial charge is 0.260 e. The Balaban J connectivity index is 1.69. The van der Waals surface area contributed by atoms with Gasteiger partial charge in [0.15, 0.2) is 6.61 Å². The summed E-state index contributed by atoms with van der Waals surface area (Å²) in [5.41, 5.74) is 2.84. The van der Waals surface area contributed by atoms with E-state index in [1.807, 2.05) is 38.1 Å². The number of fused-ring (bicyclic) bond motifs is 1. The molecule has 0 spiro atoms. The molecule has 2 aromatic rings. The molecule has 1 aliphatic rings. The number of carbonyl (C=O) groups is 2. The first-order chi connectivity index (χ1) is 12.4. The first-order valence-corrected chi connectivity index (χ1v) is 8.98. The van der Waals surface area contributed by atoms with E-state index in [1.165, 1.54) is 6.92 Å². The van der Waals surface area contributed by atoms with Crippen molar-refractivity contribution < 1.29 is 14.3 Å². The Hall–Kier alpha value is -2.63. The number of likely N-dealkylation sites (tertiary alicyclic amines) is 1. The van der Waals surface area contributed by atoms with Crippen molar-refractivity contribution in [1.82, 2.24) is 15.2 Å². The van der Waals surface area contributed by atoms with E-state index in [0.717, 1.165) is 35.0 Å². The molecule has 1 saturated heterocycles. The van der Waals surface area contributed by atoms with Crippen LogP contribution in [-0.4, -0.2) is 47.4 Å². The number of benzene rings is 1. The molecular formula is C20H25N3O3. The van der Waals surface area contributed by atoms with Gasteiger partial charge in [-0.3, -0.25) is 14.6 Å². The summed E-state index contributed by atoms with van der Waals surface area (Å²) >= 11 is 0. The van der Waals surface area contributed by atoms with Crippen molar-refractivity contribution in [2.45, 2.75) is 39.7 Å². The maximum absolute atomic E-state index is 12.6. The summed E-state index contributed by atoms with van der Waals surface area (Å²) in [6.45, 7) is 6.66. The van der Waals surface area contributed by atoms with E-state index in [1.54, 1.807) is 4.90 Å². The van der Waals surface area contributed by atoms with Crippen molar-refractivity contribution in [3.05, 3.63) is 35.5 Å². The lowest BCUT2D eigenvalue weighted by molar-refractivity contribution is -0.135. The van der Waals surface area contributed by atoms with Crippen molar-refractivity contribution in [2.75, 3.05) is 19.7 Å². The van der Waals surface area contributed by atoms with Crippen LogP contribution in [0.5, 0.6) is 5.75 Å². The number of rotatable bonds is 4. The number of nitrogens with zero attached hydrogens (tertiary/aromatic N) is 2. The quantitative estimate of drug-likeness (QED) is 0.914. The number of hydrogen-bond donors (Lipinski definition) is 1. The fourth-order valence-corrected chi connectivity index (χ4v) is 3.44. The van der Waals surface area contributed by atoms with E-state index in [-0.39, 0.29) is 24.5 Å². The predicted octanol–water partition coefficient (Wildman–Crippen LogP) is 2.36. The molecule has 0 bridgehead atoms. The minimum absolute atomic E-state index is 0.0146. The molecule has 0 radical (unpaired) electrons. The minimum atomic E-state index is -0.0605. The Bertz CT molecular complexity index is 834. The van der Waals surface area contributed by atoms with Crippen LogP contribution in [0.3, 0.4) is 0 Å². The van der Waals surface area contributed by atoms with Crippen molar-refractivity contribution >= 4 is 22.7 Å². The SMILES string of the molecule is CC(=O)NC1CCCN(C(=O)COc2cc(C)nc3c(C)cccc23)C1. The lowest BCUT2D eigenvalue weighted by Gasteiger charge is -2.33. The first kappa shape index (κ1) is 18.2. The summed E-state index contributed by atoms with van der Waals surface area (Å²) in [7, 11) is 0.